The van der Waals surface area contributed by atoms with Gasteiger partial charge < -0.3 is 4.52 Å². The van der Waals surface area contributed by atoms with E-state index in [0.29, 0.717) is 47.4 Å². The van der Waals surface area contributed by atoms with Crippen molar-refractivity contribution in [2.45, 2.75) is 25.7 Å². The number of aromatic nitrogens is 2. The summed E-state index contributed by atoms with van der Waals surface area (Å²) in [5.74, 6) is 1.08. The van der Waals surface area contributed by atoms with Crippen LogP contribution in [0.1, 0.15) is 30.1 Å². The molecule has 0 N–H and O–H groups in total. The Morgan fingerprint density at radius 3 is 2.68 bits per heavy atom. The number of rotatable bonds is 5. The predicted molar refractivity (Wildman–Crippen MR) is 72.1 cm³/mol. The smallest absolute Gasteiger partial charge is 0.226 e. The highest BCUT2D eigenvalue weighted by Gasteiger charge is 2.11. The van der Waals surface area contributed by atoms with Gasteiger partial charge >= 0.3 is 0 Å². The molecule has 4 nitrogen and oxygen atoms in total. The molecule has 2 rings (SSSR count). The summed E-state index contributed by atoms with van der Waals surface area (Å²) < 4.78 is 5.11. The van der Waals surface area contributed by atoms with E-state index in [1.807, 2.05) is 0 Å². The van der Waals surface area contributed by atoms with E-state index < -0.39 is 0 Å². The maximum Gasteiger partial charge on any atom is 0.226 e. The molecule has 0 saturated carbocycles. The van der Waals surface area contributed by atoms with E-state index in [1.54, 1.807) is 18.2 Å². The van der Waals surface area contributed by atoms with Crippen LogP contribution in [0.5, 0.6) is 0 Å². The van der Waals surface area contributed by atoms with Crippen LogP contribution < -0.4 is 0 Å². The lowest BCUT2D eigenvalue weighted by molar-refractivity contribution is 0.371. The Bertz CT molecular complexity index is 584. The molecule has 1 aromatic heterocycles. The average Bonchev–Trinajstić information content (AvgIpc) is 2.82. The third kappa shape index (κ3) is 3.69. The molecule has 98 valence electrons. The van der Waals surface area contributed by atoms with Gasteiger partial charge in [0.1, 0.15) is 0 Å². The summed E-state index contributed by atoms with van der Waals surface area (Å²) in [6, 6.07) is 7.41. The molecule has 1 aromatic carbocycles. The summed E-state index contributed by atoms with van der Waals surface area (Å²) in [6.07, 6.45) is 2.23. The van der Waals surface area contributed by atoms with Crippen molar-refractivity contribution in [2.24, 2.45) is 0 Å². The summed E-state index contributed by atoms with van der Waals surface area (Å²) in [5.41, 5.74) is 0.787. The van der Waals surface area contributed by atoms with E-state index >= 15 is 0 Å². The fraction of sp³-hybridized carbons (Fsp3) is 0.308. The monoisotopic (exact) mass is 295 g/mol. The Labute approximate surface area is 120 Å². The molecule has 19 heavy (non-hydrogen) atoms. The van der Waals surface area contributed by atoms with Gasteiger partial charge in [0.25, 0.3) is 0 Å². The van der Waals surface area contributed by atoms with Gasteiger partial charge in [-0.3, -0.25) is 0 Å². The Balaban J connectivity index is 2.06. The number of aryl methyl sites for hydroxylation is 1. The maximum atomic E-state index is 8.46. The zero-order valence-electron chi connectivity index (χ0n) is 10.1. The average molecular weight is 296 g/mol. The summed E-state index contributed by atoms with van der Waals surface area (Å²) in [7, 11) is 0. The van der Waals surface area contributed by atoms with Gasteiger partial charge in [-0.1, -0.05) is 34.4 Å². The number of benzene rings is 1. The molecule has 6 heteroatoms. The number of unbranched alkanes of at least 4 members (excludes halogenated alkanes) is 1. The molecule has 1 heterocycles. The summed E-state index contributed by atoms with van der Waals surface area (Å²) in [6.45, 7) is 0. The van der Waals surface area contributed by atoms with Crippen LogP contribution >= 0.6 is 23.2 Å². The first-order valence-corrected chi connectivity index (χ1v) is 6.57. The zero-order chi connectivity index (χ0) is 13.7. The molecular weight excluding hydrogens is 285 g/mol. The van der Waals surface area contributed by atoms with Crippen molar-refractivity contribution in [3.05, 3.63) is 45.5 Å². The Morgan fingerprint density at radius 1 is 1.26 bits per heavy atom. The van der Waals surface area contributed by atoms with Crippen molar-refractivity contribution in [2.75, 3.05) is 0 Å². The number of halogens is 2. The van der Waals surface area contributed by atoms with Crippen molar-refractivity contribution < 1.29 is 4.52 Å². The molecule has 0 aliphatic rings. The number of nitriles is 1. The fourth-order valence-corrected chi connectivity index (χ4v) is 2.17. The highest BCUT2D eigenvalue weighted by molar-refractivity contribution is 6.36. The third-order valence-electron chi connectivity index (χ3n) is 2.59. The topological polar surface area (TPSA) is 62.7 Å². The fourth-order valence-electron chi connectivity index (χ4n) is 1.64. The molecule has 0 amide bonds. The minimum absolute atomic E-state index is 0.431. The van der Waals surface area contributed by atoms with Gasteiger partial charge in [0, 0.05) is 29.3 Å². The van der Waals surface area contributed by atoms with Crippen LogP contribution in [0.4, 0.5) is 0 Å². The zero-order valence-corrected chi connectivity index (χ0v) is 11.6. The summed E-state index contributed by atoms with van der Waals surface area (Å²) in [5, 5.41) is 13.5. The van der Waals surface area contributed by atoms with E-state index in [1.165, 1.54) is 0 Å². The first-order valence-electron chi connectivity index (χ1n) is 5.82. The van der Waals surface area contributed by atoms with Gasteiger partial charge in [-0.25, -0.2) is 0 Å². The molecule has 0 unspecified atom stereocenters. The van der Waals surface area contributed by atoms with Gasteiger partial charge in [-0.2, -0.15) is 10.2 Å². The molecule has 0 bridgehead atoms. The maximum absolute atomic E-state index is 8.46. The minimum Gasteiger partial charge on any atom is -0.339 e. The van der Waals surface area contributed by atoms with Gasteiger partial charge in [0.05, 0.1) is 6.07 Å². The van der Waals surface area contributed by atoms with Crippen LogP contribution in [0.25, 0.3) is 0 Å². The number of hydrogen-bond acceptors (Lipinski definition) is 4. The van der Waals surface area contributed by atoms with Gasteiger partial charge in [-0.05, 0) is 24.1 Å². The van der Waals surface area contributed by atoms with Crippen molar-refractivity contribution in [1.29, 1.82) is 5.26 Å². The lowest BCUT2D eigenvalue weighted by Crippen LogP contribution is -1.94. The highest BCUT2D eigenvalue weighted by atomic mass is 35.5. The molecule has 0 aliphatic heterocycles. The summed E-state index contributed by atoms with van der Waals surface area (Å²) in [4.78, 5) is 4.26. The van der Waals surface area contributed by atoms with E-state index in [0.717, 1.165) is 5.56 Å². The molecule has 0 radical (unpaired) electrons. The Hall–Kier alpha value is -1.57. The van der Waals surface area contributed by atoms with Crippen LogP contribution in [0.15, 0.2) is 22.7 Å². The molecule has 0 saturated heterocycles. The second kappa shape index (κ2) is 6.55. The molecular formula is C13H11Cl2N3O. The van der Waals surface area contributed by atoms with Crippen molar-refractivity contribution in [3.8, 4) is 6.07 Å². The Morgan fingerprint density at radius 2 is 2.00 bits per heavy atom. The number of hydrogen-bond donors (Lipinski definition) is 0. The van der Waals surface area contributed by atoms with Crippen LogP contribution in [-0.4, -0.2) is 10.1 Å². The molecule has 0 aliphatic carbocycles. The van der Waals surface area contributed by atoms with Crippen LogP contribution in [-0.2, 0) is 12.8 Å². The second-order valence-electron chi connectivity index (χ2n) is 3.99. The highest BCUT2D eigenvalue weighted by Crippen LogP contribution is 2.26. The van der Waals surface area contributed by atoms with E-state index in [4.69, 9.17) is 33.0 Å². The normalized spacial score (nSPS) is 10.4. The van der Waals surface area contributed by atoms with Crippen molar-refractivity contribution >= 4 is 23.2 Å². The van der Waals surface area contributed by atoms with Gasteiger partial charge in [0.15, 0.2) is 5.82 Å². The largest absolute Gasteiger partial charge is 0.339 e. The molecule has 2 aromatic rings. The van der Waals surface area contributed by atoms with Gasteiger partial charge in [0.2, 0.25) is 5.89 Å². The molecule has 0 fully saturated rings. The van der Waals surface area contributed by atoms with E-state index in [2.05, 4.69) is 16.2 Å². The first-order chi connectivity index (χ1) is 9.20. The first kappa shape index (κ1) is 13.9. The van der Waals surface area contributed by atoms with E-state index in [-0.39, 0.29) is 0 Å². The number of nitrogens with zero attached hydrogens (tertiary/aromatic N) is 3. The minimum atomic E-state index is 0.431. The standard InChI is InChI=1S/C13H11Cl2N3O/c14-10-4-3-5-11(15)9(10)8-12-17-13(19-18-12)6-1-2-7-16/h3-5H,1-2,6,8H2. The Kier molecular flexibility index (Phi) is 4.78. The molecule has 0 atom stereocenters. The lowest BCUT2D eigenvalue weighted by atomic mass is 10.1. The predicted octanol–water partition coefficient (Wildman–Crippen LogP) is 3.81. The van der Waals surface area contributed by atoms with Crippen LogP contribution in [0.3, 0.4) is 0 Å². The molecule has 0 spiro atoms. The van der Waals surface area contributed by atoms with Crippen molar-refractivity contribution in [1.82, 2.24) is 10.1 Å². The SMILES string of the molecule is N#CCCCc1nc(Cc2c(Cl)cccc2Cl)no1. The third-order valence-corrected chi connectivity index (χ3v) is 3.29. The van der Waals surface area contributed by atoms with Crippen molar-refractivity contribution in [3.63, 3.8) is 0 Å². The van der Waals surface area contributed by atoms with Gasteiger partial charge in [-0.15, -0.1) is 0 Å². The van der Waals surface area contributed by atoms with Crippen LogP contribution in [0, 0.1) is 11.3 Å². The van der Waals surface area contributed by atoms with E-state index in [9.17, 15) is 0 Å². The lowest BCUT2D eigenvalue weighted by Gasteiger charge is -2.02. The summed E-state index contributed by atoms with van der Waals surface area (Å²) >= 11 is 12.2. The quantitative estimate of drug-likeness (QED) is 0.787. The second-order valence-corrected chi connectivity index (χ2v) is 4.81. The van der Waals surface area contributed by atoms with Crippen LogP contribution in [0.2, 0.25) is 10.0 Å².